The molecule has 2 aromatic carbocycles. The van der Waals surface area contributed by atoms with Gasteiger partial charge in [-0.1, -0.05) is 54.6 Å². The molecule has 3 aromatic rings. The van der Waals surface area contributed by atoms with Crippen molar-refractivity contribution in [3.63, 3.8) is 0 Å². The van der Waals surface area contributed by atoms with Crippen LogP contribution in [0.2, 0.25) is 0 Å². The topological polar surface area (TPSA) is 90.0 Å². The van der Waals surface area contributed by atoms with E-state index in [9.17, 15) is 19.5 Å². The van der Waals surface area contributed by atoms with Crippen LogP contribution in [-0.4, -0.2) is 61.6 Å². The third kappa shape index (κ3) is 4.79. The summed E-state index contributed by atoms with van der Waals surface area (Å²) in [6.45, 7) is 4.32. The second-order valence-electron chi connectivity index (χ2n) is 9.57. The molecule has 0 spiro atoms. The lowest BCUT2D eigenvalue weighted by Gasteiger charge is -2.52. The lowest BCUT2D eigenvalue weighted by molar-refractivity contribution is -0.168. The molecule has 1 unspecified atom stereocenters. The van der Waals surface area contributed by atoms with Gasteiger partial charge in [0.15, 0.2) is 6.10 Å². The molecule has 2 aliphatic rings. The van der Waals surface area contributed by atoms with Crippen molar-refractivity contribution in [3.05, 3.63) is 93.7 Å². The van der Waals surface area contributed by atoms with E-state index in [0.717, 1.165) is 16.0 Å². The molecule has 0 aliphatic carbocycles. The van der Waals surface area contributed by atoms with Crippen molar-refractivity contribution >= 4 is 40.8 Å². The van der Waals surface area contributed by atoms with Crippen LogP contribution in [0.1, 0.15) is 33.3 Å². The molecule has 1 aromatic heterocycles. The fraction of sp³-hybridized carbons (Fsp3) is 0.321. The molecule has 4 atom stereocenters. The highest BCUT2D eigenvalue weighted by molar-refractivity contribution is 8.01. The Kier molecular flexibility index (Phi) is 7.11. The van der Waals surface area contributed by atoms with Crippen molar-refractivity contribution in [2.24, 2.45) is 0 Å². The summed E-state index contributed by atoms with van der Waals surface area (Å²) in [6.07, 6.45) is -1.23. The van der Waals surface area contributed by atoms with Crippen molar-refractivity contribution in [3.8, 4) is 0 Å². The molecular weight excluding hydrogens is 506 g/mol. The van der Waals surface area contributed by atoms with Gasteiger partial charge in [0.1, 0.15) is 10.9 Å². The van der Waals surface area contributed by atoms with Crippen LogP contribution in [0.15, 0.2) is 72.1 Å². The number of β-lactam (4-membered cyclic amide) rings is 1. The molecule has 192 valence electrons. The van der Waals surface area contributed by atoms with Gasteiger partial charge in [-0.25, -0.2) is 0 Å². The number of benzene rings is 2. The number of thioether (sulfide) groups is 1. The molecule has 0 bridgehead atoms. The molecule has 3 heterocycles. The van der Waals surface area contributed by atoms with Crippen LogP contribution in [0.4, 0.5) is 0 Å². The molecule has 0 saturated carbocycles. The van der Waals surface area contributed by atoms with Crippen molar-refractivity contribution in [2.75, 3.05) is 5.88 Å². The molecule has 5 rings (SSSR count). The van der Waals surface area contributed by atoms with Crippen molar-refractivity contribution in [2.45, 2.75) is 49.9 Å². The third-order valence-corrected chi connectivity index (χ3v) is 9.46. The number of fused-ring (bicyclic) bond motifs is 1. The van der Waals surface area contributed by atoms with Crippen molar-refractivity contribution < 1.29 is 19.5 Å². The minimum absolute atomic E-state index is 0.120. The summed E-state index contributed by atoms with van der Waals surface area (Å²) < 4.78 is 0. The van der Waals surface area contributed by atoms with Crippen molar-refractivity contribution in [1.82, 2.24) is 15.1 Å². The van der Waals surface area contributed by atoms with E-state index in [1.54, 1.807) is 28.4 Å². The number of aryl methyl sites for hydroxylation is 1. The van der Waals surface area contributed by atoms with Gasteiger partial charge in [-0.15, -0.1) is 23.1 Å². The first-order valence-electron chi connectivity index (χ1n) is 12.2. The van der Waals surface area contributed by atoms with Crippen LogP contribution >= 0.6 is 23.1 Å². The Morgan fingerprint density at radius 2 is 1.84 bits per heavy atom. The second kappa shape index (κ2) is 10.3. The summed E-state index contributed by atoms with van der Waals surface area (Å²) in [5, 5.41) is 16.2. The number of nitrogens with zero attached hydrogens (tertiary/aromatic N) is 2. The van der Waals surface area contributed by atoms with Crippen LogP contribution in [0, 0.1) is 6.92 Å². The maximum absolute atomic E-state index is 13.6. The number of hydrogen-bond acceptors (Lipinski definition) is 6. The number of rotatable bonds is 8. The van der Waals surface area contributed by atoms with Gasteiger partial charge in [-0.05, 0) is 48.9 Å². The van der Waals surface area contributed by atoms with Gasteiger partial charge in [-0.3, -0.25) is 14.4 Å². The highest BCUT2D eigenvalue weighted by Gasteiger charge is 2.65. The summed E-state index contributed by atoms with van der Waals surface area (Å²) in [4.78, 5) is 43.7. The fourth-order valence-electron chi connectivity index (χ4n) is 5.04. The first-order valence-corrected chi connectivity index (χ1v) is 14.0. The number of aliphatic hydroxyl groups excluding tert-OH is 1. The lowest BCUT2D eigenvalue weighted by atomic mass is 9.92. The third-order valence-electron chi connectivity index (χ3n) is 7.17. The van der Waals surface area contributed by atoms with Gasteiger partial charge < -0.3 is 20.2 Å². The van der Waals surface area contributed by atoms with Crippen LogP contribution < -0.4 is 5.32 Å². The number of carbonyl (C=O) groups is 3. The number of likely N-dealkylation sites (tertiary alicyclic amines) is 1. The van der Waals surface area contributed by atoms with E-state index in [1.165, 1.54) is 16.7 Å². The summed E-state index contributed by atoms with van der Waals surface area (Å²) in [5.74, 6) is -0.720. The molecule has 2 aliphatic heterocycles. The predicted molar refractivity (Wildman–Crippen MR) is 145 cm³/mol. The number of nitrogens with one attached hydrogen (secondary N) is 1. The quantitative estimate of drug-likeness (QED) is 0.432. The molecule has 2 fully saturated rings. The largest absolute Gasteiger partial charge is 0.381 e. The smallest absolute Gasteiger partial charge is 0.255 e. The molecule has 2 saturated heterocycles. The molecule has 2 N–H and O–H groups in total. The SMILES string of the molecule is Cc1ccccc1C(=O)N[C@@H](Cc1ccccc1)[C@H](O)C(=O)N1CSC2(C)[C@H]1C(=O)N2Cc1cccs1. The highest BCUT2D eigenvalue weighted by atomic mass is 32.2. The summed E-state index contributed by atoms with van der Waals surface area (Å²) >= 11 is 3.12. The van der Waals surface area contributed by atoms with E-state index in [-0.39, 0.29) is 18.2 Å². The van der Waals surface area contributed by atoms with Crippen molar-refractivity contribution in [1.29, 1.82) is 0 Å². The highest BCUT2D eigenvalue weighted by Crippen LogP contribution is 2.51. The average molecular weight is 536 g/mol. The molecular formula is C28H29N3O4S2. The van der Waals surface area contributed by atoms with Gasteiger partial charge in [0, 0.05) is 10.4 Å². The van der Waals surface area contributed by atoms with E-state index in [1.807, 2.05) is 73.8 Å². The zero-order chi connectivity index (χ0) is 26.2. The minimum Gasteiger partial charge on any atom is -0.381 e. The first-order chi connectivity index (χ1) is 17.8. The van der Waals surface area contributed by atoms with E-state index < -0.39 is 29.0 Å². The number of amides is 3. The van der Waals surface area contributed by atoms with Crippen LogP contribution in [0.5, 0.6) is 0 Å². The molecule has 37 heavy (non-hydrogen) atoms. The Morgan fingerprint density at radius 3 is 2.54 bits per heavy atom. The second-order valence-corrected chi connectivity index (χ2v) is 12.0. The van der Waals surface area contributed by atoms with Gasteiger partial charge in [0.2, 0.25) is 5.91 Å². The Hall–Kier alpha value is -3.14. The molecule has 0 radical (unpaired) electrons. The number of carbonyl (C=O) groups excluding carboxylic acids is 3. The predicted octanol–water partition coefficient (Wildman–Crippen LogP) is 3.42. The molecule has 3 amide bonds. The van der Waals surface area contributed by atoms with E-state index in [4.69, 9.17) is 0 Å². The van der Waals surface area contributed by atoms with E-state index in [2.05, 4.69) is 5.32 Å². The Balaban J connectivity index is 1.34. The zero-order valence-corrected chi connectivity index (χ0v) is 22.3. The fourth-order valence-corrected chi connectivity index (χ4v) is 7.11. The maximum atomic E-state index is 13.6. The average Bonchev–Trinajstić information content (AvgIpc) is 3.53. The summed E-state index contributed by atoms with van der Waals surface area (Å²) in [5.41, 5.74) is 2.17. The van der Waals surface area contributed by atoms with Crippen LogP contribution in [0.3, 0.4) is 0 Å². The van der Waals surface area contributed by atoms with E-state index >= 15 is 0 Å². The number of thiophene rings is 1. The first kappa shape index (κ1) is 25.5. The Bertz CT molecular complexity index is 1300. The minimum atomic E-state index is -1.50. The van der Waals surface area contributed by atoms with Crippen LogP contribution in [0.25, 0.3) is 0 Å². The Labute approximate surface area is 224 Å². The van der Waals surface area contributed by atoms with Gasteiger partial charge in [0.25, 0.3) is 11.8 Å². The number of aliphatic hydroxyl groups is 1. The number of hydrogen-bond donors (Lipinski definition) is 2. The van der Waals surface area contributed by atoms with Crippen LogP contribution in [-0.2, 0) is 22.6 Å². The normalized spacial score (nSPS) is 22.2. The standard InChI is InChI=1S/C28H29N3O4S2/c1-18-9-6-7-13-21(18)25(33)29-22(15-19-10-4-3-5-11-19)23(32)26(34)30-17-37-28(2)24(30)27(35)31(28)16-20-12-8-14-36-20/h3-14,22-24,32H,15-17H2,1-2H3,(H,29,33)/t22-,23-,24+,28?/m0/s1. The Morgan fingerprint density at radius 1 is 1.11 bits per heavy atom. The summed E-state index contributed by atoms with van der Waals surface area (Å²) in [6, 6.07) is 19.1. The van der Waals surface area contributed by atoms with Gasteiger partial charge >= 0.3 is 0 Å². The monoisotopic (exact) mass is 535 g/mol. The van der Waals surface area contributed by atoms with Gasteiger partial charge in [0.05, 0.1) is 18.5 Å². The zero-order valence-electron chi connectivity index (χ0n) is 20.7. The molecule has 9 heteroatoms. The van der Waals surface area contributed by atoms with Gasteiger partial charge in [-0.2, -0.15) is 0 Å². The van der Waals surface area contributed by atoms with E-state index in [0.29, 0.717) is 18.0 Å². The summed E-state index contributed by atoms with van der Waals surface area (Å²) in [7, 11) is 0. The lowest BCUT2D eigenvalue weighted by Crippen LogP contribution is -2.73. The molecule has 7 nitrogen and oxygen atoms in total. The maximum Gasteiger partial charge on any atom is 0.255 e.